The van der Waals surface area contributed by atoms with Gasteiger partial charge in [-0.25, -0.2) is 0 Å². The summed E-state index contributed by atoms with van der Waals surface area (Å²) >= 11 is 0. The summed E-state index contributed by atoms with van der Waals surface area (Å²) in [5.41, 5.74) is -1.69. The van der Waals surface area contributed by atoms with Gasteiger partial charge < -0.3 is 10.1 Å². The predicted octanol–water partition coefficient (Wildman–Crippen LogP) is 2.98. The molecule has 146 valence electrons. The zero-order valence-corrected chi connectivity index (χ0v) is 14.9. The van der Waals surface area contributed by atoms with Crippen LogP contribution in [0, 0.1) is 28.6 Å². The highest BCUT2D eigenvalue weighted by Gasteiger charge is 2.64. The SMILES string of the molecule is CCNC(=O)C12CC3CC(C1)CC(C(=O)OC(=O)C(C)C(F)(F)F)(C3)C2. The Hall–Kier alpha value is -1.60. The zero-order chi connectivity index (χ0) is 19.3. The van der Waals surface area contributed by atoms with Gasteiger partial charge >= 0.3 is 18.1 Å². The van der Waals surface area contributed by atoms with Crippen LogP contribution in [0.4, 0.5) is 13.2 Å². The molecule has 0 spiro atoms. The van der Waals surface area contributed by atoms with Crippen molar-refractivity contribution in [3.05, 3.63) is 0 Å². The molecule has 4 saturated carbocycles. The minimum absolute atomic E-state index is 0.0961. The van der Waals surface area contributed by atoms with Crippen molar-refractivity contribution >= 4 is 17.8 Å². The Morgan fingerprint density at radius 2 is 1.65 bits per heavy atom. The van der Waals surface area contributed by atoms with Gasteiger partial charge in [0.25, 0.3) is 0 Å². The molecule has 4 aliphatic carbocycles. The van der Waals surface area contributed by atoms with E-state index < -0.39 is 34.9 Å². The third kappa shape index (κ3) is 3.11. The Bertz CT molecular complexity index is 616. The second-order valence-corrected chi connectivity index (χ2v) is 8.35. The number of rotatable bonds is 4. The van der Waals surface area contributed by atoms with Crippen molar-refractivity contribution < 1.29 is 32.3 Å². The van der Waals surface area contributed by atoms with Crippen LogP contribution in [0.15, 0.2) is 0 Å². The summed E-state index contributed by atoms with van der Waals surface area (Å²) in [6.45, 7) is 2.99. The van der Waals surface area contributed by atoms with Crippen LogP contribution in [-0.2, 0) is 19.1 Å². The highest BCUT2D eigenvalue weighted by atomic mass is 19.4. The Balaban J connectivity index is 1.80. The fourth-order valence-corrected chi connectivity index (χ4v) is 5.54. The third-order valence-electron chi connectivity index (χ3n) is 6.35. The topological polar surface area (TPSA) is 72.5 Å². The number of ether oxygens (including phenoxy) is 1. The third-order valence-corrected chi connectivity index (χ3v) is 6.35. The van der Waals surface area contributed by atoms with Crippen LogP contribution in [0.1, 0.15) is 52.4 Å². The summed E-state index contributed by atoms with van der Waals surface area (Å²) in [6, 6.07) is 0. The molecule has 4 aliphatic rings. The lowest BCUT2D eigenvalue weighted by molar-refractivity contribution is -0.204. The van der Waals surface area contributed by atoms with Crippen molar-refractivity contribution in [2.75, 3.05) is 6.54 Å². The smallest absolute Gasteiger partial charge is 0.392 e. The van der Waals surface area contributed by atoms with Crippen LogP contribution in [0.5, 0.6) is 0 Å². The summed E-state index contributed by atoms with van der Waals surface area (Å²) in [7, 11) is 0. The summed E-state index contributed by atoms with van der Waals surface area (Å²) in [5.74, 6) is -4.56. The summed E-state index contributed by atoms with van der Waals surface area (Å²) < 4.78 is 42.8. The average Bonchev–Trinajstić information content (AvgIpc) is 2.52. The molecule has 0 radical (unpaired) electrons. The molecular weight excluding hydrogens is 351 g/mol. The predicted molar refractivity (Wildman–Crippen MR) is 84.5 cm³/mol. The van der Waals surface area contributed by atoms with E-state index in [0.717, 1.165) is 6.42 Å². The quantitative estimate of drug-likeness (QED) is 0.606. The number of halogens is 3. The first-order chi connectivity index (χ1) is 12.0. The monoisotopic (exact) mass is 375 g/mol. The van der Waals surface area contributed by atoms with Crippen LogP contribution in [0.2, 0.25) is 0 Å². The second kappa shape index (κ2) is 6.23. The molecule has 0 aliphatic heterocycles. The van der Waals surface area contributed by atoms with Crippen LogP contribution in [0.25, 0.3) is 0 Å². The maximum Gasteiger partial charge on any atom is 0.401 e. The van der Waals surface area contributed by atoms with Crippen LogP contribution < -0.4 is 5.32 Å². The minimum Gasteiger partial charge on any atom is -0.392 e. The van der Waals surface area contributed by atoms with E-state index in [1.54, 1.807) is 0 Å². The Morgan fingerprint density at radius 1 is 1.12 bits per heavy atom. The van der Waals surface area contributed by atoms with Crippen molar-refractivity contribution in [1.82, 2.24) is 5.32 Å². The molecule has 1 amide bonds. The van der Waals surface area contributed by atoms with E-state index in [9.17, 15) is 27.6 Å². The maximum absolute atomic E-state index is 12.7. The Kier molecular flexibility index (Phi) is 4.60. The molecule has 0 saturated heterocycles. The first-order valence-electron chi connectivity index (χ1n) is 9.12. The number of hydrogen-bond acceptors (Lipinski definition) is 4. The van der Waals surface area contributed by atoms with Gasteiger partial charge in [-0.1, -0.05) is 0 Å². The second-order valence-electron chi connectivity index (χ2n) is 8.35. The average molecular weight is 375 g/mol. The highest BCUT2D eigenvalue weighted by Crippen LogP contribution is 2.65. The van der Waals surface area contributed by atoms with Gasteiger partial charge in [-0.3, -0.25) is 14.4 Å². The number of carbonyl (C=O) groups excluding carboxylic acids is 3. The standard InChI is InChI=1S/C18H24F3NO4/c1-3-22-14(24)16-5-11-4-12(6-16)8-17(7-11,9-16)15(25)26-13(23)10(2)18(19,20)21/h10-12H,3-9H2,1-2H3,(H,22,24). The van der Waals surface area contributed by atoms with Gasteiger partial charge in [0, 0.05) is 6.54 Å². The first-order valence-corrected chi connectivity index (χ1v) is 9.12. The molecule has 1 N–H and O–H groups in total. The molecule has 0 heterocycles. The van der Waals surface area contributed by atoms with Gasteiger partial charge in [0.05, 0.1) is 10.8 Å². The molecule has 8 heteroatoms. The number of esters is 2. The van der Waals surface area contributed by atoms with Gasteiger partial charge in [0.1, 0.15) is 5.92 Å². The number of carbonyl (C=O) groups is 3. The van der Waals surface area contributed by atoms with Crippen molar-refractivity contribution in [2.24, 2.45) is 28.6 Å². The molecule has 4 rings (SSSR count). The van der Waals surface area contributed by atoms with Crippen molar-refractivity contribution in [3.63, 3.8) is 0 Å². The van der Waals surface area contributed by atoms with E-state index in [-0.39, 0.29) is 24.2 Å². The normalized spacial score (nSPS) is 36.5. The van der Waals surface area contributed by atoms with E-state index in [1.165, 1.54) is 0 Å². The van der Waals surface area contributed by atoms with Crippen LogP contribution in [-0.4, -0.2) is 30.6 Å². The van der Waals surface area contributed by atoms with Gasteiger partial charge in [-0.05, 0) is 64.2 Å². The molecule has 0 aromatic heterocycles. The zero-order valence-electron chi connectivity index (χ0n) is 14.9. The van der Waals surface area contributed by atoms with Gasteiger partial charge in [0.15, 0.2) is 0 Å². The summed E-state index contributed by atoms with van der Waals surface area (Å²) in [6.07, 6.45) is -1.22. The van der Waals surface area contributed by atoms with Gasteiger partial charge in [-0.2, -0.15) is 13.2 Å². The fraction of sp³-hybridized carbons (Fsp3) is 0.833. The summed E-state index contributed by atoms with van der Waals surface area (Å²) in [5, 5.41) is 2.83. The minimum atomic E-state index is -4.75. The largest absolute Gasteiger partial charge is 0.401 e. The lowest BCUT2D eigenvalue weighted by Gasteiger charge is -2.59. The Labute approximate surface area is 150 Å². The molecule has 0 aromatic rings. The molecular formula is C18H24F3NO4. The van der Waals surface area contributed by atoms with Crippen molar-refractivity contribution in [1.29, 1.82) is 0 Å². The molecule has 5 nitrogen and oxygen atoms in total. The lowest BCUT2D eigenvalue weighted by atomic mass is 9.44. The van der Waals surface area contributed by atoms with Gasteiger partial charge in [0.2, 0.25) is 5.91 Å². The molecule has 4 bridgehead atoms. The first kappa shape index (κ1) is 19.2. The molecule has 26 heavy (non-hydrogen) atoms. The van der Waals surface area contributed by atoms with E-state index in [1.807, 2.05) is 6.92 Å². The molecule has 3 atom stereocenters. The highest BCUT2D eigenvalue weighted by molar-refractivity contribution is 5.92. The number of amides is 1. The van der Waals surface area contributed by atoms with Crippen LogP contribution in [0.3, 0.4) is 0 Å². The van der Waals surface area contributed by atoms with Crippen LogP contribution >= 0.6 is 0 Å². The summed E-state index contributed by atoms with van der Waals surface area (Å²) in [4.78, 5) is 37.1. The number of alkyl halides is 3. The molecule has 3 unspecified atom stereocenters. The van der Waals surface area contributed by atoms with E-state index in [2.05, 4.69) is 10.1 Å². The number of hydrogen-bond donors (Lipinski definition) is 1. The Morgan fingerprint density at radius 3 is 2.15 bits per heavy atom. The maximum atomic E-state index is 12.7. The number of nitrogens with one attached hydrogen (secondary N) is 1. The van der Waals surface area contributed by atoms with E-state index in [4.69, 9.17) is 0 Å². The van der Waals surface area contributed by atoms with Crippen molar-refractivity contribution in [3.8, 4) is 0 Å². The van der Waals surface area contributed by atoms with Crippen molar-refractivity contribution in [2.45, 2.75) is 58.5 Å². The molecule has 0 aromatic carbocycles. The van der Waals surface area contributed by atoms with Gasteiger partial charge in [-0.15, -0.1) is 0 Å². The lowest BCUT2D eigenvalue weighted by Crippen LogP contribution is -2.60. The fourth-order valence-electron chi connectivity index (χ4n) is 5.54. The molecule has 4 fully saturated rings. The van der Waals surface area contributed by atoms with E-state index in [0.29, 0.717) is 39.2 Å². The van der Waals surface area contributed by atoms with E-state index >= 15 is 0 Å².